The standard InChI is InChI=1S/C17H24ClNO/c18-12-17(7-1-2-8-17)13-19-9-5-14-3-4-16-15(11-14)6-10-20-16/h3-4,11,19H,1-2,5-10,12-13H2. The fourth-order valence-corrected chi connectivity index (χ4v) is 3.83. The number of nitrogens with one attached hydrogen (secondary N) is 1. The van der Waals surface area contributed by atoms with Crippen molar-refractivity contribution in [3.8, 4) is 5.75 Å². The SMILES string of the molecule is ClCC1(CNCCc2ccc3c(c2)CCO3)CCCC1. The van der Waals surface area contributed by atoms with Crippen LogP contribution in [0.4, 0.5) is 0 Å². The third-order valence-corrected chi connectivity index (χ3v) is 5.36. The van der Waals surface area contributed by atoms with E-state index < -0.39 is 0 Å². The van der Waals surface area contributed by atoms with Crippen LogP contribution in [0.2, 0.25) is 0 Å². The Morgan fingerprint density at radius 3 is 2.90 bits per heavy atom. The van der Waals surface area contributed by atoms with Gasteiger partial charge in [0.1, 0.15) is 5.75 Å². The maximum atomic E-state index is 6.17. The first-order valence-electron chi connectivity index (χ1n) is 7.83. The molecule has 3 rings (SSSR count). The van der Waals surface area contributed by atoms with E-state index >= 15 is 0 Å². The Morgan fingerprint density at radius 1 is 1.25 bits per heavy atom. The van der Waals surface area contributed by atoms with E-state index in [4.69, 9.17) is 16.3 Å². The maximum Gasteiger partial charge on any atom is 0.122 e. The molecular formula is C17H24ClNO. The van der Waals surface area contributed by atoms with Crippen molar-refractivity contribution in [2.45, 2.75) is 38.5 Å². The second kappa shape index (κ2) is 6.36. The zero-order chi connectivity index (χ0) is 13.8. The van der Waals surface area contributed by atoms with E-state index in [-0.39, 0.29) is 0 Å². The van der Waals surface area contributed by atoms with Gasteiger partial charge < -0.3 is 10.1 Å². The van der Waals surface area contributed by atoms with Crippen LogP contribution in [-0.2, 0) is 12.8 Å². The summed E-state index contributed by atoms with van der Waals surface area (Å²) in [7, 11) is 0. The Morgan fingerprint density at radius 2 is 2.10 bits per heavy atom. The van der Waals surface area contributed by atoms with E-state index in [0.29, 0.717) is 5.41 Å². The predicted molar refractivity (Wildman–Crippen MR) is 83.8 cm³/mol. The molecule has 1 aliphatic carbocycles. The molecule has 1 N–H and O–H groups in total. The molecule has 110 valence electrons. The van der Waals surface area contributed by atoms with E-state index in [1.165, 1.54) is 36.8 Å². The number of hydrogen-bond donors (Lipinski definition) is 1. The molecule has 0 radical (unpaired) electrons. The highest BCUT2D eigenvalue weighted by Gasteiger charge is 2.32. The lowest BCUT2D eigenvalue weighted by Crippen LogP contribution is -2.34. The Labute approximate surface area is 126 Å². The van der Waals surface area contributed by atoms with Crippen LogP contribution in [0.3, 0.4) is 0 Å². The maximum absolute atomic E-state index is 6.17. The highest BCUT2D eigenvalue weighted by molar-refractivity contribution is 6.18. The first-order valence-corrected chi connectivity index (χ1v) is 8.36. The minimum atomic E-state index is 0.368. The van der Waals surface area contributed by atoms with E-state index in [1.54, 1.807) is 0 Å². The second-order valence-electron chi connectivity index (χ2n) is 6.31. The molecule has 20 heavy (non-hydrogen) atoms. The smallest absolute Gasteiger partial charge is 0.122 e. The number of alkyl halides is 1. The van der Waals surface area contributed by atoms with Gasteiger partial charge in [-0.1, -0.05) is 25.0 Å². The van der Waals surface area contributed by atoms with Crippen LogP contribution in [0.25, 0.3) is 0 Å². The molecule has 2 nitrogen and oxygen atoms in total. The van der Waals surface area contributed by atoms with Gasteiger partial charge in [0.25, 0.3) is 0 Å². The van der Waals surface area contributed by atoms with Crippen molar-refractivity contribution in [3.63, 3.8) is 0 Å². The Kier molecular flexibility index (Phi) is 4.52. The minimum absolute atomic E-state index is 0.368. The van der Waals surface area contributed by atoms with E-state index in [9.17, 15) is 0 Å². The molecule has 1 fully saturated rings. The molecular weight excluding hydrogens is 270 g/mol. The largest absolute Gasteiger partial charge is 0.493 e. The van der Waals surface area contributed by atoms with Crippen molar-refractivity contribution >= 4 is 11.6 Å². The summed E-state index contributed by atoms with van der Waals surface area (Å²) in [4.78, 5) is 0. The topological polar surface area (TPSA) is 21.3 Å². The van der Waals surface area contributed by atoms with Gasteiger partial charge in [-0.3, -0.25) is 0 Å². The summed E-state index contributed by atoms with van der Waals surface area (Å²) < 4.78 is 5.54. The molecule has 0 atom stereocenters. The number of halogens is 1. The van der Waals surface area contributed by atoms with Crippen molar-refractivity contribution in [2.24, 2.45) is 5.41 Å². The third-order valence-electron chi connectivity index (χ3n) is 4.79. The molecule has 1 saturated carbocycles. The fraction of sp³-hybridized carbons (Fsp3) is 0.647. The van der Waals surface area contributed by atoms with Gasteiger partial charge in [0.15, 0.2) is 0 Å². The minimum Gasteiger partial charge on any atom is -0.493 e. The van der Waals surface area contributed by atoms with Gasteiger partial charge >= 0.3 is 0 Å². The Balaban J connectivity index is 1.46. The van der Waals surface area contributed by atoms with Crippen LogP contribution < -0.4 is 10.1 Å². The molecule has 2 aliphatic rings. The van der Waals surface area contributed by atoms with E-state index in [1.807, 2.05) is 0 Å². The van der Waals surface area contributed by atoms with Crippen molar-refractivity contribution in [2.75, 3.05) is 25.6 Å². The first-order chi connectivity index (χ1) is 9.81. The molecule has 0 aromatic heterocycles. The first kappa shape index (κ1) is 14.2. The third kappa shape index (κ3) is 3.12. The average Bonchev–Trinajstić information content (AvgIpc) is 3.13. The average molecular weight is 294 g/mol. The van der Waals surface area contributed by atoms with Crippen LogP contribution >= 0.6 is 11.6 Å². The van der Waals surface area contributed by atoms with Crippen LogP contribution in [0.15, 0.2) is 18.2 Å². The van der Waals surface area contributed by atoms with Crippen molar-refractivity contribution < 1.29 is 4.74 Å². The summed E-state index contributed by atoms with van der Waals surface area (Å²) in [5.74, 6) is 1.88. The van der Waals surface area contributed by atoms with Crippen LogP contribution in [0.5, 0.6) is 5.75 Å². The highest BCUT2D eigenvalue weighted by Crippen LogP contribution is 2.38. The molecule has 3 heteroatoms. The number of rotatable bonds is 6. The lowest BCUT2D eigenvalue weighted by Gasteiger charge is -2.26. The quantitative estimate of drug-likeness (QED) is 0.640. The fourth-order valence-electron chi connectivity index (χ4n) is 3.46. The lowest BCUT2D eigenvalue weighted by atomic mass is 9.88. The van der Waals surface area contributed by atoms with Crippen molar-refractivity contribution in [1.29, 1.82) is 0 Å². The summed E-state index contributed by atoms with van der Waals surface area (Å²) >= 11 is 6.17. The number of fused-ring (bicyclic) bond motifs is 1. The summed E-state index contributed by atoms with van der Waals surface area (Å²) in [5.41, 5.74) is 3.15. The van der Waals surface area contributed by atoms with Crippen LogP contribution in [0.1, 0.15) is 36.8 Å². The highest BCUT2D eigenvalue weighted by atomic mass is 35.5. The normalized spacial score (nSPS) is 19.9. The van der Waals surface area contributed by atoms with Crippen molar-refractivity contribution in [3.05, 3.63) is 29.3 Å². The zero-order valence-corrected chi connectivity index (χ0v) is 12.8. The number of hydrogen-bond acceptors (Lipinski definition) is 2. The van der Waals surface area contributed by atoms with Crippen LogP contribution in [0, 0.1) is 5.41 Å². The predicted octanol–water partition coefficient (Wildman–Crippen LogP) is 3.55. The van der Waals surface area contributed by atoms with Gasteiger partial charge in [-0.2, -0.15) is 0 Å². The molecule has 0 saturated heterocycles. The molecule has 1 aromatic rings. The zero-order valence-electron chi connectivity index (χ0n) is 12.1. The molecule has 0 unspecified atom stereocenters. The van der Waals surface area contributed by atoms with E-state index in [2.05, 4.69) is 23.5 Å². The van der Waals surface area contributed by atoms with Gasteiger partial charge in [0.05, 0.1) is 6.61 Å². The monoisotopic (exact) mass is 293 g/mol. The van der Waals surface area contributed by atoms with Crippen LogP contribution in [-0.4, -0.2) is 25.6 Å². The summed E-state index contributed by atoms with van der Waals surface area (Å²) in [5, 5.41) is 3.62. The van der Waals surface area contributed by atoms with Gasteiger partial charge in [-0.15, -0.1) is 11.6 Å². The number of benzene rings is 1. The van der Waals surface area contributed by atoms with Gasteiger partial charge in [0, 0.05) is 18.8 Å². The molecule has 1 aliphatic heterocycles. The van der Waals surface area contributed by atoms with Gasteiger partial charge in [0.2, 0.25) is 0 Å². The Hall–Kier alpha value is -0.730. The second-order valence-corrected chi connectivity index (χ2v) is 6.58. The molecule has 0 amide bonds. The summed E-state index contributed by atoms with van der Waals surface area (Å²) in [6.45, 7) is 2.96. The molecule has 1 heterocycles. The van der Waals surface area contributed by atoms with Crippen molar-refractivity contribution in [1.82, 2.24) is 5.32 Å². The summed E-state index contributed by atoms with van der Waals surface area (Å²) in [6, 6.07) is 6.62. The molecule has 0 spiro atoms. The summed E-state index contributed by atoms with van der Waals surface area (Å²) in [6.07, 6.45) is 7.43. The lowest BCUT2D eigenvalue weighted by molar-refractivity contribution is 0.322. The van der Waals surface area contributed by atoms with Gasteiger partial charge in [-0.05, 0) is 48.4 Å². The van der Waals surface area contributed by atoms with Gasteiger partial charge in [-0.25, -0.2) is 0 Å². The number of ether oxygens (including phenoxy) is 1. The molecule has 1 aromatic carbocycles. The molecule has 0 bridgehead atoms. The Bertz CT molecular complexity index is 454. The van der Waals surface area contributed by atoms with E-state index in [0.717, 1.165) is 44.2 Å².